The molecule has 12 nitrogen and oxygen atoms in total. The average molecular weight is 1470 g/mol. The van der Waals surface area contributed by atoms with Crippen molar-refractivity contribution in [3.8, 4) is 0 Å². The minimum Gasteiger partial charge on any atom is -0.746 e. The first kappa shape index (κ1) is 102. The molecule has 1 unspecified atom stereocenters. The van der Waals surface area contributed by atoms with Crippen molar-refractivity contribution >= 4 is 10.1 Å². The summed E-state index contributed by atoms with van der Waals surface area (Å²) in [6, 6.07) is 0. The molecule has 0 aromatic rings. The Balaban J connectivity index is 0.0001000. The van der Waals surface area contributed by atoms with E-state index in [0.29, 0.717) is 57.8 Å². The van der Waals surface area contributed by atoms with Gasteiger partial charge in [0.1, 0.15) is 10.1 Å². The van der Waals surface area contributed by atoms with Gasteiger partial charge in [0.15, 0.2) is 0 Å². The van der Waals surface area contributed by atoms with Crippen molar-refractivity contribution in [2.45, 2.75) is 501 Å². The Kier molecular flexibility index (Phi) is 71.3. The first-order valence-corrected chi connectivity index (χ1v) is 46.1. The van der Waals surface area contributed by atoms with Crippen molar-refractivity contribution in [3.05, 3.63) is 0 Å². The molecule has 0 saturated heterocycles. The predicted octanol–water partition coefficient (Wildman–Crippen LogP) is 24.3. The zero-order valence-electron chi connectivity index (χ0n) is 69.4. The molecule has 0 bridgehead atoms. The van der Waals surface area contributed by atoms with Crippen LogP contribution in [0.15, 0.2) is 0 Å². The molecule has 101 heavy (non-hydrogen) atoms. The average Bonchev–Trinajstić information content (AvgIpc) is 0.653. The second-order valence-corrected chi connectivity index (χ2v) is 32.3. The molecule has 0 aromatic carbocycles. The summed E-state index contributed by atoms with van der Waals surface area (Å²) in [5.41, 5.74) is 0. The molecule has 1 rings (SSSR count). The summed E-state index contributed by atoms with van der Waals surface area (Å²) in [6.07, 6.45) is 63.9. The zero-order valence-corrected chi connectivity index (χ0v) is 72.2. The van der Waals surface area contributed by atoms with Crippen LogP contribution in [0.3, 0.4) is 0 Å². The Hall–Kier alpha value is 0.550. The third-order valence-corrected chi connectivity index (χ3v) is 22.6. The van der Waals surface area contributed by atoms with Gasteiger partial charge in [-0.1, -0.05) is 409 Å². The van der Waals surface area contributed by atoms with Gasteiger partial charge in [0, 0.05) is 6.61 Å². The molecule has 1 saturated carbocycles. The van der Waals surface area contributed by atoms with Crippen molar-refractivity contribution in [1.82, 2.24) is 0 Å². The zero-order chi connectivity index (χ0) is 73.0. The fraction of sp³-hybridized carbons (Fsp3) is 1.00. The van der Waals surface area contributed by atoms with Gasteiger partial charge in [-0.2, -0.15) is 0 Å². The number of hydrogen-bond donors (Lipinski definition) is 0. The van der Waals surface area contributed by atoms with Crippen LogP contribution in [0.25, 0.3) is 0 Å². The first-order valence-electron chi connectivity index (χ1n) is 44.7. The summed E-state index contributed by atoms with van der Waals surface area (Å²) in [7, 11) is -5.73. The van der Waals surface area contributed by atoms with E-state index in [2.05, 4.69) is 62.3 Å². The van der Waals surface area contributed by atoms with E-state index in [0.717, 1.165) is 225 Å². The fourth-order valence-corrected chi connectivity index (χ4v) is 16.1. The molecule has 14 heteroatoms. The SMILES string of the molecule is CCCCCCCCCOC1(OCCCCCCCCC)CC(OCCCCCCCCC)(S(=O)(=O)[O-])C(OCCCCCCCCC)(OCCCCCCCCC)C(OCCCCCCCCC)(OCCCCCCCCC)C1(OCCCCCCCCC)OCCCCCCCCC.[Na+]. The van der Waals surface area contributed by atoms with E-state index in [-0.39, 0.29) is 89.0 Å². The van der Waals surface area contributed by atoms with E-state index in [1.807, 2.05) is 0 Å². The van der Waals surface area contributed by atoms with Gasteiger partial charge < -0.3 is 47.2 Å². The summed E-state index contributed by atoms with van der Waals surface area (Å²) in [5.74, 6) is -9.49. The molecule has 0 amide bonds. The van der Waals surface area contributed by atoms with Gasteiger partial charge in [0.05, 0.1) is 59.3 Å². The molecule has 1 aliphatic carbocycles. The van der Waals surface area contributed by atoms with Crippen LogP contribution in [0.2, 0.25) is 0 Å². The van der Waals surface area contributed by atoms with Crippen molar-refractivity contribution in [2.75, 3.05) is 59.5 Å². The molecular formula is C87H173NaO12S. The third kappa shape index (κ3) is 43.1. The molecule has 600 valence electrons. The first-order chi connectivity index (χ1) is 49.0. The van der Waals surface area contributed by atoms with Crippen LogP contribution in [0.5, 0.6) is 0 Å². The van der Waals surface area contributed by atoms with Crippen LogP contribution in [0.1, 0.15) is 473 Å². The molecule has 0 radical (unpaired) electrons. The van der Waals surface area contributed by atoms with Gasteiger partial charge in [-0.25, -0.2) is 8.42 Å². The maximum atomic E-state index is 16.3. The van der Waals surface area contributed by atoms with Crippen molar-refractivity contribution < 1.29 is 85.2 Å². The number of unbranched alkanes of at least 4 members (excludes halogenated alkanes) is 54. The normalized spacial score (nSPS) is 16.4. The summed E-state index contributed by atoms with van der Waals surface area (Å²) in [4.78, 5) is -2.86. The molecule has 0 aromatic heterocycles. The Morgan fingerprint density at radius 3 is 0.545 bits per heavy atom. The Morgan fingerprint density at radius 2 is 0.356 bits per heavy atom. The van der Waals surface area contributed by atoms with E-state index >= 15 is 13.0 Å². The molecule has 1 fully saturated rings. The van der Waals surface area contributed by atoms with Gasteiger partial charge in [0.25, 0.3) is 17.4 Å². The molecule has 0 heterocycles. The van der Waals surface area contributed by atoms with Crippen LogP contribution >= 0.6 is 0 Å². The van der Waals surface area contributed by atoms with Gasteiger partial charge in [0.2, 0.25) is 10.7 Å². The quantitative estimate of drug-likeness (QED) is 0.0248. The van der Waals surface area contributed by atoms with Crippen molar-refractivity contribution in [1.29, 1.82) is 0 Å². The van der Waals surface area contributed by atoms with Crippen LogP contribution in [0, 0.1) is 0 Å². The Bertz CT molecular complexity index is 1730. The molecule has 1 atom stereocenters. The minimum atomic E-state index is -5.73. The number of hydrogen-bond acceptors (Lipinski definition) is 12. The summed E-state index contributed by atoms with van der Waals surface area (Å²) >= 11 is 0. The van der Waals surface area contributed by atoms with E-state index in [1.54, 1.807) is 0 Å². The van der Waals surface area contributed by atoms with E-state index in [4.69, 9.17) is 42.6 Å². The monoisotopic (exact) mass is 1470 g/mol. The summed E-state index contributed by atoms with van der Waals surface area (Å²) < 4.78 is 120. The maximum Gasteiger partial charge on any atom is 1.00 e. The predicted molar refractivity (Wildman–Crippen MR) is 423 cm³/mol. The Labute approximate surface area is 651 Å². The fourth-order valence-electron chi connectivity index (χ4n) is 14.9. The van der Waals surface area contributed by atoms with Gasteiger partial charge in [-0.3, -0.25) is 0 Å². The maximum absolute atomic E-state index is 16.3. The topological polar surface area (TPSA) is 140 Å². The van der Waals surface area contributed by atoms with E-state index < -0.39 is 44.6 Å². The Morgan fingerprint density at radius 1 is 0.208 bits per heavy atom. The molecule has 1 aliphatic rings. The number of ether oxygens (including phenoxy) is 9. The van der Waals surface area contributed by atoms with Crippen LogP contribution in [-0.4, -0.2) is 101 Å². The molecule has 0 N–H and O–H groups in total. The van der Waals surface area contributed by atoms with Crippen LogP contribution in [0.4, 0.5) is 0 Å². The summed E-state index contributed by atoms with van der Waals surface area (Å²) in [5, 5.41) is 0. The third-order valence-electron chi connectivity index (χ3n) is 21.3. The molecular weight excluding hydrogens is 1290 g/mol. The molecule has 0 spiro atoms. The minimum absolute atomic E-state index is 0. The largest absolute Gasteiger partial charge is 1.00 e. The van der Waals surface area contributed by atoms with E-state index in [9.17, 15) is 0 Å². The second kappa shape index (κ2) is 70.9. The van der Waals surface area contributed by atoms with Crippen molar-refractivity contribution in [3.63, 3.8) is 0 Å². The van der Waals surface area contributed by atoms with Crippen LogP contribution in [-0.2, 0) is 52.7 Å². The van der Waals surface area contributed by atoms with Gasteiger partial charge >= 0.3 is 29.6 Å². The number of rotatable bonds is 82. The van der Waals surface area contributed by atoms with Crippen LogP contribution < -0.4 is 29.6 Å². The van der Waals surface area contributed by atoms with E-state index in [1.165, 1.54) is 122 Å². The second-order valence-electron chi connectivity index (χ2n) is 30.7. The van der Waals surface area contributed by atoms with Crippen molar-refractivity contribution in [2.24, 2.45) is 0 Å². The standard InChI is InChI=1S/C87H174O12S.Na/c1-10-19-28-37-46-55-64-73-91-83(92-74-65-56-47-38-29-20-11-2)82-84(100(88,89)90,93-75-66-57-48-39-30-21-12-3)86(96-78-69-60-51-42-33-24-15-6,97-79-70-61-52-43-34-25-16-7)87(98-80-71-62-53-44-35-26-17-8,99-81-72-63-54-45-36-27-18-9)85(83,94-76-67-58-49-40-31-22-13-4)95-77-68-59-50-41-32-23-14-5;/h10-82H2,1-9H3,(H,88,89,90);/q;+1/p-1. The van der Waals surface area contributed by atoms with Gasteiger partial charge in [-0.15, -0.1) is 0 Å². The molecule has 0 aliphatic heterocycles. The summed E-state index contributed by atoms with van der Waals surface area (Å²) in [6.45, 7) is 21.4. The van der Waals surface area contributed by atoms with Gasteiger partial charge in [-0.05, 0) is 57.8 Å². The smallest absolute Gasteiger partial charge is 0.746 e.